The number of carbonyl (C=O) groups excluding carboxylic acids is 1. The number of ether oxygens (including phenoxy) is 1. The van der Waals surface area contributed by atoms with Crippen LogP contribution in [0, 0.1) is 20.8 Å². The first kappa shape index (κ1) is 17.5. The van der Waals surface area contributed by atoms with Crippen molar-refractivity contribution in [3.05, 3.63) is 45.9 Å². The molecule has 0 radical (unpaired) electrons. The molecule has 0 fully saturated rings. The van der Waals surface area contributed by atoms with Crippen molar-refractivity contribution in [2.75, 3.05) is 19.0 Å². The van der Waals surface area contributed by atoms with E-state index in [1.165, 1.54) is 0 Å². The maximum Gasteiger partial charge on any atom is 0.291 e. The highest BCUT2D eigenvalue weighted by Crippen LogP contribution is 2.31. The summed E-state index contributed by atoms with van der Waals surface area (Å²) in [6.45, 7) is 6.79. The Morgan fingerprint density at radius 2 is 2.12 bits per heavy atom. The van der Waals surface area contributed by atoms with Gasteiger partial charge in [-0.1, -0.05) is 23.7 Å². The topological polar surface area (TPSA) is 69.3 Å². The van der Waals surface area contributed by atoms with Crippen LogP contribution in [0.25, 0.3) is 11.0 Å². The Bertz CT molecular complexity index is 943. The Hall–Kier alpha value is -2.31. The number of benzene rings is 1. The SMILES string of the molecule is COCCn1nc(C)c(NC(=O)c2oc3c(Cl)cccc3c2C)c1C. The van der Waals surface area contributed by atoms with Crippen LogP contribution in [0.15, 0.2) is 22.6 Å². The zero-order valence-corrected chi connectivity index (χ0v) is 15.4. The van der Waals surface area contributed by atoms with Gasteiger partial charge in [0.25, 0.3) is 5.91 Å². The van der Waals surface area contributed by atoms with E-state index < -0.39 is 0 Å². The number of hydrogen-bond donors (Lipinski definition) is 1. The van der Waals surface area contributed by atoms with Gasteiger partial charge in [0, 0.05) is 18.1 Å². The number of furan rings is 1. The molecule has 0 spiro atoms. The molecule has 7 heteroatoms. The zero-order valence-electron chi connectivity index (χ0n) is 14.6. The smallest absolute Gasteiger partial charge is 0.291 e. The van der Waals surface area contributed by atoms with E-state index in [0.29, 0.717) is 29.4 Å². The number of aromatic nitrogens is 2. The molecule has 0 unspecified atom stereocenters. The van der Waals surface area contributed by atoms with Crippen molar-refractivity contribution >= 4 is 34.2 Å². The summed E-state index contributed by atoms with van der Waals surface area (Å²) >= 11 is 6.16. The number of nitrogens with one attached hydrogen (secondary N) is 1. The van der Waals surface area contributed by atoms with Gasteiger partial charge in [0.15, 0.2) is 11.3 Å². The number of rotatable bonds is 5. The van der Waals surface area contributed by atoms with Gasteiger partial charge < -0.3 is 14.5 Å². The molecule has 0 saturated heterocycles. The number of hydrogen-bond acceptors (Lipinski definition) is 4. The van der Waals surface area contributed by atoms with E-state index in [9.17, 15) is 4.79 Å². The van der Waals surface area contributed by atoms with Gasteiger partial charge >= 0.3 is 0 Å². The lowest BCUT2D eigenvalue weighted by molar-refractivity contribution is 0.0997. The maximum absolute atomic E-state index is 12.7. The lowest BCUT2D eigenvalue weighted by Crippen LogP contribution is -2.14. The normalized spacial score (nSPS) is 11.2. The zero-order chi connectivity index (χ0) is 18.1. The van der Waals surface area contributed by atoms with E-state index in [-0.39, 0.29) is 11.7 Å². The molecule has 0 aliphatic heterocycles. The van der Waals surface area contributed by atoms with Crippen molar-refractivity contribution in [2.45, 2.75) is 27.3 Å². The first-order chi connectivity index (χ1) is 11.9. The molecule has 0 aliphatic carbocycles. The minimum Gasteiger partial charge on any atom is -0.449 e. The average Bonchev–Trinajstić information content (AvgIpc) is 3.06. The van der Waals surface area contributed by atoms with Crippen molar-refractivity contribution < 1.29 is 13.9 Å². The van der Waals surface area contributed by atoms with Crippen molar-refractivity contribution in [1.82, 2.24) is 9.78 Å². The number of amides is 1. The number of aryl methyl sites for hydroxylation is 2. The Kier molecular flexibility index (Phi) is 4.83. The monoisotopic (exact) mass is 361 g/mol. The summed E-state index contributed by atoms with van der Waals surface area (Å²) in [4.78, 5) is 12.7. The minimum absolute atomic E-state index is 0.256. The van der Waals surface area contributed by atoms with Crippen LogP contribution in [0.4, 0.5) is 5.69 Å². The van der Waals surface area contributed by atoms with E-state index in [1.54, 1.807) is 13.2 Å². The molecule has 3 rings (SSSR count). The summed E-state index contributed by atoms with van der Waals surface area (Å²) in [5, 5.41) is 8.68. The molecule has 0 saturated carbocycles. The predicted molar refractivity (Wildman–Crippen MR) is 97.5 cm³/mol. The fourth-order valence-electron chi connectivity index (χ4n) is 2.87. The van der Waals surface area contributed by atoms with Crippen LogP contribution in [0.1, 0.15) is 27.5 Å². The summed E-state index contributed by atoms with van der Waals surface area (Å²) in [6.07, 6.45) is 0. The highest BCUT2D eigenvalue weighted by molar-refractivity contribution is 6.35. The number of nitrogens with zero attached hydrogens (tertiary/aromatic N) is 2. The summed E-state index contributed by atoms with van der Waals surface area (Å²) < 4.78 is 12.6. The van der Waals surface area contributed by atoms with E-state index in [0.717, 1.165) is 22.3 Å². The van der Waals surface area contributed by atoms with Gasteiger partial charge in [-0.15, -0.1) is 0 Å². The number of halogens is 1. The van der Waals surface area contributed by atoms with Crippen LogP contribution in [-0.2, 0) is 11.3 Å². The predicted octanol–water partition coefficient (Wildman–Crippen LogP) is 4.11. The second-order valence-corrected chi connectivity index (χ2v) is 6.30. The summed E-state index contributed by atoms with van der Waals surface area (Å²) in [6, 6.07) is 5.46. The average molecular weight is 362 g/mol. The molecular weight excluding hydrogens is 342 g/mol. The molecule has 0 atom stereocenters. The third-order valence-electron chi connectivity index (χ3n) is 4.25. The van der Waals surface area contributed by atoms with Crippen molar-refractivity contribution in [3.63, 3.8) is 0 Å². The third kappa shape index (κ3) is 3.15. The van der Waals surface area contributed by atoms with Gasteiger partial charge in [-0.25, -0.2) is 0 Å². The lowest BCUT2D eigenvalue weighted by Gasteiger charge is -2.06. The molecule has 132 valence electrons. The van der Waals surface area contributed by atoms with Gasteiger partial charge in [0.05, 0.1) is 35.2 Å². The molecule has 2 heterocycles. The number of fused-ring (bicyclic) bond motifs is 1. The molecule has 0 bridgehead atoms. The highest BCUT2D eigenvalue weighted by Gasteiger charge is 2.21. The molecule has 1 amide bonds. The van der Waals surface area contributed by atoms with E-state index in [4.69, 9.17) is 20.8 Å². The van der Waals surface area contributed by atoms with Crippen molar-refractivity contribution in [2.24, 2.45) is 0 Å². The van der Waals surface area contributed by atoms with E-state index in [2.05, 4.69) is 10.4 Å². The fraction of sp³-hybridized carbons (Fsp3) is 0.333. The molecular formula is C18H20ClN3O3. The van der Waals surface area contributed by atoms with Crippen LogP contribution in [0.2, 0.25) is 5.02 Å². The lowest BCUT2D eigenvalue weighted by atomic mass is 10.1. The molecule has 2 aromatic heterocycles. The Morgan fingerprint density at radius 1 is 1.36 bits per heavy atom. The quantitative estimate of drug-likeness (QED) is 0.742. The Labute approximate surface area is 150 Å². The molecule has 3 aromatic rings. The molecule has 1 aromatic carbocycles. The third-order valence-corrected chi connectivity index (χ3v) is 4.55. The Balaban J connectivity index is 1.92. The molecule has 1 N–H and O–H groups in total. The van der Waals surface area contributed by atoms with Crippen LogP contribution in [0.5, 0.6) is 0 Å². The highest BCUT2D eigenvalue weighted by atomic mass is 35.5. The first-order valence-electron chi connectivity index (χ1n) is 7.96. The minimum atomic E-state index is -0.317. The Morgan fingerprint density at radius 3 is 2.80 bits per heavy atom. The molecule has 0 aliphatic rings. The van der Waals surface area contributed by atoms with Crippen molar-refractivity contribution in [1.29, 1.82) is 0 Å². The number of carbonyl (C=O) groups is 1. The van der Waals surface area contributed by atoms with E-state index >= 15 is 0 Å². The van der Waals surface area contributed by atoms with Crippen molar-refractivity contribution in [3.8, 4) is 0 Å². The largest absolute Gasteiger partial charge is 0.449 e. The van der Waals surface area contributed by atoms with Crippen LogP contribution in [0.3, 0.4) is 0 Å². The maximum atomic E-state index is 12.7. The summed E-state index contributed by atoms with van der Waals surface area (Å²) in [5.74, 6) is -0.0613. The van der Waals surface area contributed by atoms with Crippen LogP contribution in [-0.4, -0.2) is 29.4 Å². The van der Waals surface area contributed by atoms with Gasteiger partial charge in [0.1, 0.15) is 0 Å². The fourth-order valence-corrected chi connectivity index (χ4v) is 3.08. The van der Waals surface area contributed by atoms with Crippen LogP contribution < -0.4 is 5.32 Å². The number of para-hydroxylation sites is 1. The van der Waals surface area contributed by atoms with Gasteiger partial charge in [-0.05, 0) is 26.8 Å². The molecule has 6 nitrogen and oxygen atoms in total. The summed E-state index contributed by atoms with van der Waals surface area (Å²) in [7, 11) is 1.64. The van der Waals surface area contributed by atoms with Gasteiger partial charge in [-0.2, -0.15) is 5.10 Å². The van der Waals surface area contributed by atoms with Gasteiger partial charge in [0.2, 0.25) is 0 Å². The van der Waals surface area contributed by atoms with Gasteiger partial charge in [-0.3, -0.25) is 9.48 Å². The van der Waals surface area contributed by atoms with Crippen LogP contribution >= 0.6 is 11.6 Å². The number of methoxy groups -OCH3 is 1. The number of anilines is 1. The second kappa shape index (κ2) is 6.90. The standard InChI is InChI=1S/C18H20ClN3O3/c1-10-13-6-5-7-14(19)17(13)25-16(10)18(23)20-15-11(2)21-22(12(15)3)8-9-24-4/h5-7H,8-9H2,1-4H3,(H,20,23). The van der Waals surface area contributed by atoms with E-state index in [1.807, 2.05) is 37.6 Å². The molecule has 25 heavy (non-hydrogen) atoms. The second-order valence-electron chi connectivity index (χ2n) is 5.89. The summed E-state index contributed by atoms with van der Waals surface area (Å²) in [5.41, 5.74) is 3.59. The first-order valence-corrected chi connectivity index (χ1v) is 8.33.